The minimum Gasteiger partial charge on any atom is -0.507 e. The summed E-state index contributed by atoms with van der Waals surface area (Å²) in [5.74, 6) is 0.216. The molecule has 0 aromatic heterocycles. The van der Waals surface area contributed by atoms with Crippen molar-refractivity contribution >= 4 is 22.1 Å². The first-order valence-corrected chi connectivity index (χ1v) is 4.67. The van der Waals surface area contributed by atoms with E-state index in [2.05, 4.69) is 21.1 Å². The van der Waals surface area contributed by atoms with Crippen LogP contribution in [0, 0.1) is 0 Å². The number of phenols is 1. The number of hydrogen-bond donors (Lipinski definition) is 1. The van der Waals surface area contributed by atoms with Gasteiger partial charge in [0.25, 0.3) is 0 Å². The average molecular weight is 244 g/mol. The molecule has 0 unspecified atom stereocenters. The van der Waals surface area contributed by atoms with Crippen LogP contribution < -0.4 is 0 Å². The molecule has 0 spiro atoms. The second-order valence-electron chi connectivity index (χ2n) is 2.36. The molecule has 0 saturated carbocycles. The second kappa shape index (κ2) is 4.87. The van der Waals surface area contributed by atoms with Gasteiger partial charge in [-0.3, -0.25) is 0 Å². The molecule has 0 saturated heterocycles. The molecule has 0 heterocycles. The Labute approximate surface area is 85.2 Å². The first-order valence-electron chi connectivity index (χ1n) is 3.88. The minimum absolute atomic E-state index is 0.216. The number of rotatable bonds is 3. The molecule has 13 heavy (non-hydrogen) atoms. The molecule has 3 nitrogen and oxygen atoms in total. The molecule has 1 rings (SSSR count). The molecule has 0 aliphatic rings. The Kier molecular flexibility index (Phi) is 3.76. The topological polar surface area (TPSA) is 41.8 Å². The van der Waals surface area contributed by atoms with E-state index in [1.807, 2.05) is 6.92 Å². The van der Waals surface area contributed by atoms with Crippen LogP contribution in [0.1, 0.15) is 12.5 Å². The van der Waals surface area contributed by atoms with Gasteiger partial charge in [0, 0.05) is 0 Å². The van der Waals surface area contributed by atoms with E-state index in [0.29, 0.717) is 11.1 Å². The normalized spacial score (nSPS) is 10.6. The Morgan fingerprint density at radius 1 is 1.62 bits per heavy atom. The van der Waals surface area contributed by atoms with Crippen LogP contribution in [0.15, 0.2) is 27.8 Å². The predicted molar refractivity (Wildman–Crippen MR) is 55.0 cm³/mol. The predicted octanol–water partition coefficient (Wildman–Crippen LogP) is 2.53. The summed E-state index contributed by atoms with van der Waals surface area (Å²) in [7, 11) is 0. The smallest absolute Gasteiger partial charge is 0.129 e. The zero-order valence-electron chi connectivity index (χ0n) is 7.20. The molecule has 0 aliphatic heterocycles. The zero-order valence-corrected chi connectivity index (χ0v) is 8.78. The summed E-state index contributed by atoms with van der Waals surface area (Å²) in [6, 6.07) is 5.11. The van der Waals surface area contributed by atoms with E-state index in [1.165, 1.54) is 0 Å². The Morgan fingerprint density at radius 2 is 2.38 bits per heavy atom. The van der Waals surface area contributed by atoms with Crippen molar-refractivity contribution in [3.63, 3.8) is 0 Å². The van der Waals surface area contributed by atoms with Crippen molar-refractivity contribution in [3.8, 4) is 5.75 Å². The molecular weight excluding hydrogens is 234 g/mol. The number of benzene rings is 1. The van der Waals surface area contributed by atoms with Crippen molar-refractivity contribution in [3.05, 3.63) is 28.2 Å². The average Bonchev–Trinajstić information content (AvgIpc) is 2.12. The zero-order chi connectivity index (χ0) is 9.68. The summed E-state index contributed by atoms with van der Waals surface area (Å²) < 4.78 is 0.646. The number of oxime groups is 1. The van der Waals surface area contributed by atoms with E-state index < -0.39 is 0 Å². The van der Waals surface area contributed by atoms with Crippen molar-refractivity contribution in [1.29, 1.82) is 0 Å². The van der Waals surface area contributed by atoms with Crippen LogP contribution in [0.25, 0.3) is 0 Å². The third-order valence-corrected chi connectivity index (χ3v) is 2.01. The van der Waals surface area contributed by atoms with Crippen molar-refractivity contribution < 1.29 is 9.94 Å². The number of nitrogens with zero attached hydrogens (tertiary/aromatic N) is 1. The first-order chi connectivity index (χ1) is 6.24. The van der Waals surface area contributed by atoms with Crippen molar-refractivity contribution in [1.82, 2.24) is 0 Å². The molecule has 0 atom stereocenters. The van der Waals surface area contributed by atoms with Crippen molar-refractivity contribution in [2.45, 2.75) is 6.92 Å². The fraction of sp³-hybridized carbons (Fsp3) is 0.222. The highest BCUT2D eigenvalue weighted by Gasteiger charge is 1.96. The molecule has 1 aromatic carbocycles. The largest absolute Gasteiger partial charge is 0.507 e. The molecule has 0 amide bonds. The maximum Gasteiger partial charge on any atom is 0.129 e. The van der Waals surface area contributed by atoms with Gasteiger partial charge in [0.05, 0.1) is 10.7 Å². The highest BCUT2D eigenvalue weighted by atomic mass is 79.9. The highest BCUT2D eigenvalue weighted by Crippen LogP contribution is 2.23. The van der Waals surface area contributed by atoms with Gasteiger partial charge >= 0.3 is 0 Å². The standard InChI is InChI=1S/C9H10BrNO2/c1-2-13-11-6-7-3-4-9(12)8(10)5-7/h3-6,12H,2H2,1H3/b11-6+. The van der Waals surface area contributed by atoms with E-state index in [0.717, 1.165) is 5.56 Å². The van der Waals surface area contributed by atoms with E-state index >= 15 is 0 Å². The summed E-state index contributed by atoms with van der Waals surface area (Å²) in [5.41, 5.74) is 0.873. The van der Waals surface area contributed by atoms with Gasteiger partial charge in [0.1, 0.15) is 12.4 Å². The monoisotopic (exact) mass is 243 g/mol. The van der Waals surface area contributed by atoms with Crippen LogP contribution in [0.5, 0.6) is 5.75 Å². The van der Waals surface area contributed by atoms with Crippen LogP contribution in [0.2, 0.25) is 0 Å². The van der Waals surface area contributed by atoms with Crippen LogP contribution in [-0.2, 0) is 4.84 Å². The van der Waals surface area contributed by atoms with Crippen molar-refractivity contribution in [2.75, 3.05) is 6.61 Å². The number of phenolic OH excluding ortho intramolecular Hbond substituents is 1. The molecule has 1 aromatic rings. The molecule has 4 heteroatoms. The lowest BCUT2D eigenvalue weighted by Gasteiger charge is -1.97. The Morgan fingerprint density at radius 3 is 3.00 bits per heavy atom. The van der Waals surface area contributed by atoms with Crippen LogP contribution in [-0.4, -0.2) is 17.9 Å². The van der Waals surface area contributed by atoms with Crippen molar-refractivity contribution in [2.24, 2.45) is 5.16 Å². The summed E-state index contributed by atoms with van der Waals surface area (Å²) in [6.45, 7) is 2.42. The van der Waals surface area contributed by atoms with Gasteiger partial charge in [-0.05, 0) is 46.6 Å². The molecular formula is C9H10BrNO2. The third-order valence-electron chi connectivity index (χ3n) is 1.38. The van der Waals surface area contributed by atoms with Gasteiger partial charge < -0.3 is 9.94 Å². The minimum atomic E-state index is 0.216. The molecule has 0 aliphatic carbocycles. The lowest BCUT2D eigenvalue weighted by Crippen LogP contribution is -1.84. The number of halogens is 1. The Balaban J connectivity index is 2.73. The van der Waals surface area contributed by atoms with Gasteiger partial charge in [-0.25, -0.2) is 0 Å². The van der Waals surface area contributed by atoms with Crippen LogP contribution in [0.3, 0.4) is 0 Å². The number of hydrogen-bond acceptors (Lipinski definition) is 3. The lowest BCUT2D eigenvalue weighted by atomic mass is 10.2. The highest BCUT2D eigenvalue weighted by molar-refractivity contribution is 9.10. The SMILES string of the molecule is CCO/N=C/c1ccc(O)c(Br)c1. The van der Waals surface area contributed by atoms with E-state index in [-0.39, 0.29) is 5.75 Å². The summed E-state index contributed by atoms with van der Waals surface area (Å²) in [4.78, 5) is 4.80. The maximum atomic E-state index is 9.19. The van der Waals surface area contributed by atoms with Crippen LogP contribution in [0.4, 0.5) is 0 Å². The third kappa shape index (κ3) is 3.06. The van der Waals surface area contributed by atoms with Gasteiger partial charge in [-0.2, -0.15) is 0 Å². The molecule has 0 fully saturated rings. The Hall–Kier alpha value is -1.03. The van der Waals surface area contributed by atoms with E-state index in [9.17, 15) is 5.11 Å². The van der Waals surface area contributed by atoms with Crippen LogP contribution >= 0.6 is 15.9 Å². The Bertz CT molecular complexity index is 312. The maximum absolute atomic E-state index is 9.19. The summed E-state index contributed by atoms with van der Waals surface area (Å²) >= 11 is 3.20. The number of aromatic hydroxyl groups is 1. The van der Waals surface area contributed by atoms with E-state index in [1.54, 1.807) is 24.4 Å². The van der Waals surface area contributed by atoms with Gasteiger partial charge in [-0.1, -0.05) is 5.16 Å². The van der Waals surface area contributed by atoms with Gasteiger partial charge in [0.15, 0.2) is 0 Å². The fourth-order valence-corrected chi connectivity index (χ4v) is 1.17. The summed E-state index contributed by atoms with van der Waals surface area (Å²) in [6.07, 6.45) is 1.59. The molecule has 1 N–H and O–H groups in total. The van der Waals surface area contributed by atoms with Gasteiger partial charge in [0.2, 0.25) is 0 Å². The lowest BCUT2D eigenvalue weighted by molar-refractivity contribution is 0.160. The van der Waals surface area contributed by atoms with E-state index in [4.69, 9.17) is 4.84 Å². The second-order valence-corrected chi connectivity index (χ2v) is 3.22. The van der Waals surface area contributed by atoms with Gasteiger partial charge in [-0.15, -0.1) is 0 Å². The molecule has 70 valence electrons. The molecule has 0 bridgehead atoms. The quantitative estimate of drug-likeness (QED) is 0.655. The first kappa shape index (κ1) is 10.1. The molecule has 0 radical (unpaired) electrons. The summed E-state index contributed by atoms with van der Waals surface area (Å²) in [5, 5.41) is 12.9. The fourth-order valence-electron chi connectivity index (χ4n) is 0.776.